The minimum absolute atomic E-state index is 0.0407. The summed E-state index contributed by atoms with van der Waals surface area (Å²) in [6.07, 6.45) is 4.89. The van der Waals surface area contributed by atoms with E-state index in [9.17, 15) is 4.79 Å². The van der Waals surface area contributed by atoms with Gasteiger partial charge in [-0.2, -0.15) is 0 Å². The average molecular weight is 253 g/mol. The zero-order chi connectivity index (χ0) is 13.0. The van der Waals surface area contributed by atoms with E-state index in [1.54, 1.807) is 0 Å². The van der Waals surface area contributed by atoms with Crippen molar-refractivity contribution in [3.8, 4) is 0 Å². The molecule has 1 heterocycles. The van der Waals surface area contributed by atoms with E-state index in [0.717, 1.165) is 26.2 Å². The molecule has 0 aromatic carbocycles. The van der Waals surface area contributed by atoms with Crippen LogP contribution in [0.3, 0.4) is 0 Å². The van der Waals surface area contributed by atoms with Gasteiger partial charge < -0.3 is 10.2 Å². The summed E-state index contributed by atoms with van der Waals surface area (Å²) in [5.74, 6) is 0.222. The molecule has 1 atom stereocenters. The predicted molar refractivity (Wildman–Crippen MR) is 73.5 cm³/mol. The molecule has 1 saturated heterocycles. The third-order valence-electron chi connectivity index (χ3n) is 4.09. The van der Waals surface area contributed by atoms with Gasteiger partial charge in [0.15, 0.2) is 0 Å². The number of piperazine rings is 1. The van der Waals surface area contributed by atoms with Crippen molar-refractivity contribution in [1.82, 2.24) is 15.1 Å². The lowest BCUT2D eigenvalue weighted by Crippen LogP contribution is -2.54. The minimum Gasteiger partial charge on any atom is -0.352 e. The van der Waals surface area contributed by atoms with Gasteiger partial charge >= 0.3 is 0 Å². The first-order chi connectivity index (χ1) is 8.70. The molecule has 0 aromatic rings. The topological polar surface area (TPSA) is 35.6 Å². The second-order valence-corrected chi connectivity index (χ2v) is 5.69. The van der Waals surface area contributed by atoms with Crippen molar-refractivity contribution in [2.75, 3.05) is 32.7 Å². The van der Waals surface area contributed by atoms with Crippen molar-refractivity contribution in [2.45, 2.75) is 51.6 Å². The molecule has 0 spiro atoms. The van der Waals surface area contributed by atoms with E-state index in [-0.39, 0.29) is 11.9 Å². The van der Waals surface area contributed by atoms with Gasteiger partial charge in [-0.25, -0.2) is 0 Å². The van der Waals surface area contributed by atoms with Crippen molar-refractivity contribution in [2.24, 2.45) is 0 Å². The molecule has 2 fully saturated rings. The van der Waals surface area contributed by atoms with E-state index in [1.807, 2.05) is 6.92 Å². The van der Waals surface area contributed by atoms with Crippen LogP contribution in [0.25, 0.3) is 0 Å². The number of carbonyl (C=O) groups excluding carboxylic acids is 1. The van der Waals surface area contributed by atoms with Gasteiger partial charge in [0.1, 0.15) is 0 Å². The van der Waals surface area contributed by atoms with Crippen LogP contribution in [-0.2, 0) is 4.79 Å². The quantitative estimate of drug-likeness (QED) is 0.769. The van der Waals surface area contributed by atoms with Crippen LogP contribution in [-0.4, -0.2) is 60.5 Å². The van der Waals surface area contributed by atoms with E-state index < -0.39 is 0 Å². The Kier molecular flexibility index (Phi) is 5.01. The molecule has 2 aliphatic rings. The summed E-state index contributed by atoms with van der Waals surface area (Å²) in [6.45, 7) is 9.78. The highest BCUT2D eigenvalue weighted by atomic mass is 16.2. The summed E-state index contributed by atoms with van der Waals surface area (Å²) in [4.78, 5) is 16.8. The summed E-state index contributed by atoms with van der Waals surface area (Å²) >= 11 is 0. The van der Waals surface area contributed by atoms with E-state index >= 15 is 0 Å². The number of rotatable bonds is 6. The Morgan fingerprint density at radius 1 is 1.28 bits per heavy atom. The van der Waals surface area contributed by atoms with Crippen LogP contribution in [0, 0.1) is 0 Å². The molecule has 2 rings (SSSR count). The maximum absolute atomic E-state index is 12.0. The molecular formula is C14H27N3O. The molecule has 1 saturated carbocycles. The zero-order valence-corrected chi connectivity index (χ0v) is 11.8. The normalized spacial score (nSPS) is 23.9. The SMILES string of the molecule is CCCCN1CCN([C@H](C)C(=O)NC2CC2)CC1. The Hall–Kier alpha value is -0.610. The number of unbranched alkanes of at least 4 members (excludes halogenated alkanes) is 1. The molecule has 104 valence electrons. The fourth-order valence-corrected chi connectivity index (χ4v) is 2.47. The van der Waals surface area contributed by atoms with Gasteiger partial charge in [-0.15, -0.1) is 0 Å². The Morgan fingerprint density at radius 2 is 1.94 bits per heavy atom. The van der Waals surface area contributed by atoms with Gasteiger partial charge in [-0.05, 0) is 32.7 Å². The Bertz CT molecular complexity index is 270. The van der Waals surface area contributed by atoms with Gasteiger partial charge in [0.25, 0.3) is 0 Å². The van der Waals surface area contributed by atoms with Crippen LogP contribution in [0.4, 0.5) is 0 Å². The van der Waals surface area contributed by atoms with Crippen LogP contribution in [0.15, 0.2) is 0 Å². The van der Waals surface area contributed by atoms with Crippen molar-refractivity contribution >= 4 is 5.91 Å². The molecule has 0 bridgehead atoms. The third kappa shape index (κ3) is 3.95. The van der Waals surface area contributed by atoms with Crippen LogP contribution in [0.5, 0.6) is 0 Å². The second kappa shape index (κ2) is 6.53. The molecule has 1 aliphatic heterocycles. The van der Waals surface area contributed by atoms with Crippen molar-refractivity contribution in [1.29, 1.82) is 0 Å². The molecule has 0 radical (unpaired) electrons. The predicted octanol–water partition coefficient (Wildman–Crippen LogP) is 1.07. The Labute approximate surface area is 111 Å². The number of nitrogens with one attached hydrogen (secondary N) is 1. The average Bonchev–Trinajstić information content (AvgIpc) is 3.20. The van der Waals surface area contributed by atoms with Crippen LogP contribution >= 0.6 is 0 Å². The standard InChI is InChI=1S/C14H27N3O/c1-3-4-7-16-8-10-17(11-9-16)12(2)14(18)15-13-5-6-13/h12-13H,3-11H2,1-2H3,(H,15,18)/t12-/m1/s1. The van der Waals surface area contributed by atoms with Crippen molar-refractivity contribution in [3.05, 3.63) is 0 Å². The van der Waals surface area contributed by atoms with Crippen molar-refractivity contribution in [3.63, 3.8) is 0 Å². The first-order valence-corrected chi connectivity index (χ1v) is 7.47. The fraction of sp³-hybridized carbons (Fsp3) is 0.929. The number of carbonyl (C=O) groups is 1. The first-order valence-electron chi connectivity index (χ1n) is 7.47. The molecule has 1 aliphatic carbocycles. The Morgan fingerprint density at radius 3 is 2.50 bits per heavy atom. The Balaban J connectivity index is 1.69. The van der Waals surface area contributed by atoms with Crippen LogP contribution < -0.4 is 5.32 Å². The zero-order valence-electron chi connectivity index (χ0n) is 11.8. The lowest BCUT2D eigenvalue weighted by Gasteiger charge is -2.37. The molecule has 1 N–H and O–H groups in total. The minimum atomic E-state index is 0.0407. The summed E-state index contributed by atoms with van der Waals surface area (Å²) in [6, 6.07) is 0.518. The van der Waals surface area contributed by atoms with Gasteiger partial charge in [0, 0.05) is 32.2 Å². The second-order valence-electron chi connectivity index (χ2n) is 5.69. The number of amides is 1. The summed E-state index contributed by atoms with van der Waals surface area (Å²) in [7, 11) is 0. The molecule has 0 aromatic heterocycles. The molecule has 18 heavy (non-hydrogen) atoms. The van der Waals surface area contributed by atoms with E-state index in [4.69, 9.17) is 0 Å². The number of hydrogen-bond donors (Lipinski definition) is 1. The number of nitrogens with zero attached hydrogens (tertiary/aromatic N) is 2. The maximum Gasteiger partial charge on any atom is 0.237 e. The molecule has 0 unspecified atom stereocenters. The molecule has 1 amide bonds. The highest BCUT2D eigenvalue weighted by Crippen LogP contribution is 2.19. The first kappa shape index (κ1) is 13.8. The van der Waals surface area contributed by atoms with Gasteiger partial charge in [-0.1, -0.05) is 13.3 Å². The smallest absolute Gasteiger partial charge is 0.237 e. The summed E-state index contributed by atoms with van der Waals surface area (Å²) in [5, 5.41) is 3.10. The lowest BCUT2D eigenvalue weighted by molar-refractivity contribution is -0.126. The highest BCUT2D eigenvalue weighted by molar-refractivity contribution is 5.81. The number of hydrogen-bond acceptors (Lipinski definition) is 3. The fourth-order valence-electron chi connectivity index (χ4n) is 2.47. The van der Waals surface area contributed by atoms with E-state index in [2.05, 4.69) is 22.0 Å². The van der Waals surface area contributed by atoms with E-state index in [1.165, 1.54) is 32.2 Å². The summed E-state index contributed by atoms with van der Waals surface area (Å²) < 4.78 is 0. The molecular weight excluding hydrogens is 226 g/mol. The van der Waals surface area contributed by atoms with Gasteiger partial charge in [0.05, 0.1) is 6.04 Å². The monoisotopic (exact) mass is 253 g/mol. The lowest BCUT2D eigenvalue weighted by atomic mass is 10.2. The highest BCUT2D eigenvalue weighted by Gasteiger charge is 2.29. The van der Waals surface area contributed by atoms with Gasteiger partial charge in [0.2, 0.25) is 5.91 Å². The maximum atomic E-state index is 12.0. The molecule has 4 nitrogen and oxygen atoms in total. The van der Waals surface area contributed by atoms with Crippen LogP contribution in [0.1, 0.15) is 39.5 Å². The molecule has 4 heteroatoms. The third-order valence-corrected chi connectivity index (χ3v) is 4.09. The van der Waals surface area contributed by atoms with E-state index in [0.29, 0.717) is 6.04 Å². The summed E-state index contributed by atoms with van der Waals surface area (Å²) in [5.41, 5.74) is 0. The van der Waals surface area contributed by atoms with Gasteiger partial charge in [-0.3, -0.25) is 9.69 Å². The largest absolute Gasteiger partial charge is 0.352 e. The van der Waals surface area contributed by atoms with Crippen LogP contribution in [0.2, 0.25) is 0 Å². The van der Waals surface area contributed by atoms with Crippen molar-refractivity contribution < 1.29 is 4.79 Å².